The minimum absolute atomic E-state index is 0.0509. The van der Waals surface area contributed by atoms with E-state index in [9.17, 15) is 6.85 Å². The largest absolute Gasteiger partial charge is 0.208 e. The van der Waals surface area contributed by atoms with Crippen molar-refractivity contribution in [2.24, 2.45) is 0 Å². The highest BCUT2D eigenvalue weighted by atomic mass is 32.1. The third kappa shape index (κ3) is 7.36. The summed E-state index contributed by atoms with van der Waals surface area (Å²) in [7, 11) is 0. The summed E-state index contributed by atoms with van der Waals surface area (Å²) in [6.07, 6.45) is 0. The summed E-state index contributed by atoms with van der Waals surface area (Å²) in [4.78, 5) is 15.0. The van der Waals surface area contributed by atoms with Crippen molar-refractivity contribution in [2.45, 2.75) is 0 Å². The smallest absolute Gasteiger partial charge is 0.164 e. The van der Waals surface area contributed by atoms with Crippen molar-refractivity contribution < 1.29 is 8.22 Å². The minimum Gasteiger partial charge on any atom is -0.208 e. The molecule has 65 heavy (non-hydrogen) atoms. The molecule has 0 amide bonds. The van der Waals surface area contributed by atoms with Gasteiger partial charge in [-0.15, -0.1) is 11.3 Å². The van der Waals surface area contributed by atoms with Crippen LogP contribution in [0.5, 0.6) is 0 Å². The maximum Gasteiger partial charge on any atom is 0.164 e. The number of benzene rings is 10. The molecule has 0 aliphatic heterocycles. The van der Waals surface area contributed by atoms with E-state index in [1.807, 2.05) is 152 Å². The molecule has 0 bridgehead atoms. The molecule has 2 aromatic heterocycles. The van der Waals surface area contributed by atoms with Crippen LogP contribution in [0.25, 0.3) is 121 Å². The van der Waals surface area contributed by atoms with Crippen molar-refractivity contribution in [3.05, 3.63) is 236 Å². The second kappa shape index (κ2) is 16.4. The van der Waals surface area contributed by atoms with Crippen molar-refractivity contribution in [1.82, 2.24) is 15.0 Å². The molecule has 0 aliphatic carbocycles. The third-order valence-electron chi connectivity index (χ3n) is 11.9. The molecule has 0 N–H and O–H groups in total. The van der Waals surface area contributed by atoms with E-state index >= 15 is 0 Å². The van der Waals surface area contributed by atoms with Crippen molar-refractivity contribution in [3.8, 4) is 89.8 Å². The number of aromatic nitrogens is 3. The lowest BCUT2D eigenvalue weighted by atomic mass is 9.91. The topological polar surface area (TPSA) is 38.7 Å². The van der Waals surface area contributed by atoms with Gasteiger partial charge in [-0.1, -0.05) is 206 Å². The lowest BCUT2D eigenvalue weighted by Gasteiger charge is -2.12. The first-order chi connectivity index (χ1) is 34.7. The lowest BCUT2D eigenvalue weighted by molar-refractivity contribution is 1.07. The summed E-state index contributed by atoms with van der Waals surface area (Å²) in [5.41, 5.74) is 10.4. The van der Waals surface area contributed by atoms with Gasteiger partial charge >= 0.3 is 0 Å². The molecule has 3 nitrogen and oxygen atoms in total. The van der Waals surface area contributed by atoms with E-state index in [2.05, 4.69) is 48.5 Å². The summed E-state index contributed by atoms with van der Waals surface area (Å²) < 4.78 is 57.9. The van der Waals surface area contributed by atoms with E-state index in [1.54, 1.807) is 0 Å². The van der Waals surface area contributed by atoms with Crippen LogP contribution in [0.4, 0.5) is 0 Å². The highest BCUT2D eigenvalue weighted by Crippen LogP contribution is 2.43. The fraction of sp³-hybridized carbons (Fsp3) is 0. The molecule has 4 heteroatoms. The van der Waals surface area contributed by atoms with E-state index in [4.69, 9.17) is 16.3 Å². The molecule has 0 spiro atoms. The molecule has 12 aromatic rings. The monoisotopic (exact) mass is 851 g/mol. The Morgan fingerprint density at radius 3 is 1.45 bits per heavy atom. The van der Waals surface area contributed by atoms with Crippen LogP contribution in [-0.2, 0) is 0 Å². The highest BCUT2D eigenvalue weighted by molar-refractivity contribution is 7.26. The predicted molar refractivity (Wildman–Crippen MR) is 274 cm³/mol. The van der Waals surface area contributed by atoms with E-state index in [0.29, 0.717) is 48.7 Å². The summed E-state index contributed by atoms with van der Waals surface area (Å²) in [5.74, 6) is 0.740. The van der Waals surface area contributed by atoms with E-state index in [-0.39, 0.29) is 53.0 Å². The molecule has 0 fully saturated rings. The average Bonchev–Trinajstić information content (AvgIpc) is 3.83. The molecule has 0 unspecified atom stereocenters. The van der Waals surface area contributed by atoms with Crippen LogP contribution >= 0.6 is 11.3 Å². The Morgan fingerprint density at radius 2 is 0.815 bits per heavy atom. The normalized spacial score (nSPS) is 12.7. The fourth-order valence-corrected chi connectivity index (χ4v) is 9.63. The van der Waals surface area contributed by atoms with Gasteiger partial charge in [0, 0.05) is 36.9 Å². The lowest BCUT2D eigenvalue weighted by Crippen LogP contribution is -2.00. The van der Waals surface area contributed by atoms with Crippen LogP contribution in [0, 0.1) is 0 Å². The molecule has 12 rings (SSSR count). The first-order valence-corrected chi connectivity index (χ1v) is 22.2. The Morgan fingerprint density at radius 1 is 0.323 bits per heavy atom. The predicted octanol–water partition coefficient (Wildman–Crippen LogP) is 16.7. The molecule has 304 valence electrons. The summed E-state index contributed by atoms with van der Waals surface area (Å²) >= 11 is 1.13. The maximum absolute atomic E-state index is 9.91. The van der Waals surface area contributed by atoms with Gasteiger partial charge in [-0.05, 0) is 96.7 Å². The van der Waals surface area contributed by atoms with Crippen molar-refractivity contribution in [2.75, 3.05) is 0 Å². The maximum atomic E-state index is 9.91. The molecule has 10 aromatic carbocycles. The minimum atomic E-state index is -0.266. The van der Waals surface area contributed by atoms with Gasteiger partial charge in [0.15, 0.2) is 17.5 Å². The van der Waals surface area contributed by atoms with Gasteiger partial charge in [0.25, 0.3) is 0 Å². The van der Waals surface area contributed by atoms with E-state index < -0.39 is 0 Å². The zero-order chi connectivity index (χ0) is 48.3. The average molecular weight is 852 g/mol. The zero-order valence-corrected chi connectivity index (χ0v) is 35.6. The number of nitrogens with zero attached hydrogens (tertiary/aromatic N) is 3. The van der Waals surface area contributed by atoms with Crippen LogP contribution < -0.4 is 0 Å². The summed E-state index contributed by atoms with van der Waals surface area (Å²) in [5, 5.41) is 2.97. The molecule has 0 saturated carbocycles. The molecular formula is C61H39N3S. The van der Waals surface area contributed by atoms with E-state index in [1.165, 1.54) is 0 Å². The number of hydrogen-bond donors (Lipinski definition) is 0. The SMILES string of the molecule is [2H]c1c([2H])c(-c2cc(-c3ccccc3)cc(-c3ccccc3)c2)c2c(sc3c([2H])c(-c4nc(-c5ccc(-c6ccccc6)cc5)nc(-c5ccc(-c6cccc7ccccc67)cc5)n4)c([2H])c([2H])c32)c1[2H]. The Labute approximate surface area is 390 Å². The first-order valence-electron chi connectivity index (χ1n) is 24.4. The number of rotatable bonds is 8. The highest BCUT2D eigenvalue weighted by Gasteiger charge is 2.18. The van der Waals surface area contributed by atoms with Gasteiger partial charge < -0.3 is 0 Å². The molecule has 0 atom stereocenters. The summed E-state index contributed by atoms with van der Waals surface area (Å²) in [6, 6.07) is 65.4. The molecular weight excluding hydrogens is 807 g/mol. The van der Waals surface area contributed by atoms with Crippen molar-refractivity contribution >= 4 is 42.3 Å². The van der Waals surface area contributed by atoms with Gasteiger partial charge in [-0.3, -0.25) is 0 Å². The van der Waals surface area contributed by atoms with Crippen LogP contribution in [-0.4, -0.2) is 15.0 Å². The fourth-order valence-electron chi connectivity index (χ4n) is 8.61. The molecule has 0 radical (unpaired) electrons. The third-order valence-corrected chi connectivity index (χ3v) is 12.9. The van der Waals surface area contributed by atoms with Crippen molar-refractivity contribution in [3.63, 3.8) is 0 Å². The Kier molecular flexibility index (Phi) is 8.18. The molecule has 0 saturated heterocycles. The van der Waals surface area contributed by atoms with Gasteiger partial charge in [0.1, 0.15) is 0 Å². The van der Waals surface area contributed by atoms with Gasteiger partial charge in [-0.2, -0.15) is 0 Å². The number of hydrogen-bond acceptors (Lipinski definition) is 4. The van der Waals surface area contributed by atoms with Crippen LogP contribution in [0.3, 0.4) is 0 Å². The first kappa shape index (κ1) is 32.4. The van der Waals surface area contributed by atoms with Gasteiger partial charge in [0.2, 0.25) is 0 Å². The zero-order valence-electron chi connectivity index (χ0n) is 40.8. The molecule has 2 heterocycles. The van der Waals surface area contributed by atoms with Crippen LogP contribution in [0.1, 0.15) is 8.22 Å². The van der Waals surface area contributed by atoms with Gasteiger partial charge in [-0.25, -0.2) is 15.0 Å². The van der Waals surface area contributed by atoms with E-state index in [0.717, 1.165) is 66.6 Å². The second-order valence-corrected chi connectivity index (χ2v) is 16.9. The van der Waals surface area contributed by atoms with Crippen LogP contribution in [0.15, 0.2) is 236 Å². The second-order valence-electron chi connectivity index (χ2n) is 15.9. The number of fused-ring (bicyclic) bond motifs is 4. The Bertz CT molecular complexity index is 3970. The van der Waals surface area contributed by atoms with Gasteiger partial charge in [0.05, 0.1) is 8.22 Å². The Hall–Kier alpha value is -8.31. The van der Waals surface area contributed by atoms with Crippen molar-refractivity contribution in [1.29, 1.82) is 0 Å². The molecule has 0 aliphatic rings. The standard InChI is InChI=1S/C61H39N3S/c1-4-14-40(15-5-1)43-26-30-46(31-27-43)59-62-60(47-32-28-45(29-33-47)53-23-12-21-44-20-10-11-22-52(44)53)64-61(63-59)48-34-35-55-57(39-48)65-56-25-13-24-54(58(55)56)51-37-49(41-16-6-2-7-17-41)36-50(38-51)42-18-8-3-9-19-42/h1-39H/i13D,24D,25D,34D,35D,39D. The van der Waals surface area contributed by atoms with Crippen LogP contribution in [0.2, 0.25) is 0 Å². The summed E-state index contributed by atoms with van der Waals surface area (Å²) in [6.45, 7) is 0. The Balaban J connectivity index is 1.06. The number of thiophene rings is 1. The quantitative estimate of drug-likeness (QED) is 0.153.